The molecular formula is C11H7ClN2O2S. The van der Waals surface area contributed by atoms with Crippen molar-refractivity contribution in [3.05, 3.63) is 46.4 Å². The van der Waals surface area contributed by atoms with Gasteiger partial charge in [0, 0.05) is 12.3 Å². The Bertz CT molecular complexity index is 685. The molecule has 1 aromatic heterocycles. The fourth-order valence-electron chi connectivity index (χ4n) is 1.69. The molecule has 86 valence electrons. The van der Waals surface area contributed by atoms with E-state index in [1.165, 1.54) is 0 Å². The van der Waals surface area contributed by atoms with E-state index < -0.39 is 0 Å². The third kappa shape index (κ3) is 1.99. The molecule has 6 heteroatoms. The molecule has 0 atom stereocenters. The molecule has 3 rings (SSSR count). The fourth-order valence-corrected chi connectivity index (χ4v) is 2.04. The van der Waals surface area contributed by atoms with Gasteiger partial charge in [0.05, 0.1) is 18.4 Å². The van der Waals surface area contributed by atoms with Crippen LogP contribution in [-0.4, -0.2) is 9.55 Å². The predicted octanol–water partition coefficient (Wildman–Crippen LogP) is 3.61. The summed E-state index contributed by atoms with van der Waals surface area (Å²) in [5, 5.41) is 0.143. The number of pyridine rings is 1. The van der Waals surface area contributed by atoms with Crippen LogP contribution in [0.4, 0.5) is 0 Å². The smallest absolute Gasteiger partial charge is 0.292 e. The molecule has 4 nitrogen and oxygen atoms in total. The average Bonchev–Trinajstić information content (AvgIpc) is 2.84. The van der Waals surface area contributed by atoms with Gasteiger partial charge in [-0.05, 0) is 36.0 Å². The maximum atomic E-state index is 5.63. The normalized spacial score (nSPS) is 11.1. The highest BCUT2D eigenvalue weighted by molar-refractivity contribution is 7.71. The van der Waals surface area contributed by atoms with E-state index in [0.717, 1.165) is 11.5 Å². The van der Waals surface area contributed by atoms with Gasteiger partial charge in [-0.25, -0.2) is 4.98 Å². The lowest BCUT2D eigenvalue weighted by Gasteiger charge is -2.08. The molecular weight excluding hydrogens is 260 g/mol. The Morgan fingerprint density at radius 3 is 3.06 bits per heavy atom. The first-order valence-corrected chi connectivity index (χ1v) is 5.70. The summed E-state index contributed by atoms with van der Waals surface area (Å²) in [4.78, 5) is 3.84. The van der Waals surface area contributed by atoms with E-state index in [1.54, 1.807) is 6.20 Å². The number of hydrogen-bond acceptors (Lipinski definition) is 4. The van der Waals surface area contributed by atoms with Gasteiger partial charge < -0.3 is 13.4 Å². The summed E-state index contributed by atoms with van der Waals surface area (Å²) in [5.41, 5.74) is 0.921. The quantitative estimate of drug-likeness (QED) is 0.665. The van der Waals surface area contributed by atoms with Gasteiger partial charge in [-0.15, -0.1) is 0 Å². The second-order valence-electron chi connectivity index (χ2n) is 3.53. The molecule has 2 aliphatic heterocycles. The number of furan rings is 1. The first-order chi connectivity index (χ1) is 8.22. The molecule has 0 unspecified atom stereocenters. The van der Waals surface area contributed by atoms with Gasteiger partial charge in [0.15, 0.2) is 10.5 Å². The molecule has 0 aliphatic carbocycles. The number of halogens is 1. The second kappa shape index (κ2) is 4.01. The summed E-state index contributed by atoms with van der Waals surface area (Å²) in [6, 6.07) is 5.57. The number of nitrogens with zero attached hydrogens (tertiary/aromatic N) is 2. The third-order valence-corrected chi connectivity index (χ3v) is 2.77. The van der Waals surface area contributed by atoms with Crippen molar-refractivity contribution < 1.29 is 8.83 Å². The van der Waals surface area contributed by atoms with Crippen molar-refractivity contribution in [2.24, 2.45) is 0 Å². The number of fused-ring (bicyclic) bond motifs is 1. The second-order valence-corrected chi connectivity index (χ2v) is 4.26. The molecule has 2 aliphatic rings. The number of hydrogen-bond donors (Lipinski definition) is 0. The Balaban J connectivity index is 2.03. The minimum absolute atomic E-state index is 0.143. The Morgan fingerprint density at radius 2 is 2.29 bits per heavy atom. The average molecular weight is 267 g/mol. The van der Waals surface area contributed by atoms with E-state index in [2.05, 4.69) is 4.98 Å². The van der Waals surface area contributed by atoms with Gasteiger partial charge in [0.2, 0.25) is 0 Å². The van der Waals surface area contributed by atoms with Gasteiger partial charge >= 0.3 is 0 Å². The van der Waals surface area contributed by atoms with Gasteiger partial charge in [-0.1, -0.05) is 0 Å². The van der Waals surface area contributed by atoms with E-state index >= 15 is 0 Å². The third-order valence-electron chi connectivity index (χ3n) is 2.39. The molecule has 17 heavy (non-hydrogen) atoms. The van der Waals surface area contributed by atoms with Crippen molar-refractivity contribution in [1.82, 2.24) is 9.55 Å². The van der Waals surface area contributed by atoms with E-state index in [9.17, 15) is 0 Å². The molecule has 0 fully saturated rings. The van der Waals surface area contributed by atoms with Crippen LogP contribution in [0.25, 0.3) is 11.5 Å². The van der Waals surface area contributed by atoms with Gasteiger partial charge in [0.25, 0.3) is 5.35 Å². The molecule has 3 heterocycles. The SMILES string of the molecule is S=c1cc2n(Cc3cnc(Cl)o3)cccc-2o1. The highest BCUT2D eigenvalue weighted by Crippen LogP contribution is 2.24. The maximum absolute atomic E-state index is 5.63. The zero-order valence-electron chi connectivity index (χ0n) is 8.59. The van der Waals surface area contributed by atoms with Crippen LogP contribution in [0.1, 0.15) is 5.76 Å². The summed E-state index contributed by atoms with van der Waals surface area (Å²) in [6.07, 6.45) is 3.52. The summed E-state index contributed by atoms with van der Waals surface area (Å²) < 4.78 is 13.0. The van der Waals surface area contributed by atoms with Gasteiger partial charge in [-0.2, -0.15) is 0 Å². The first kappa shape index (κ1) is 10.6. The standard InChI is InChI=1S/C11H7ClN2O2S/c12-11-13-5-7(15-11)6-14-3-1-2-9-8(14)4-10(17)16-9/h1-5H,6H2. The largest absolute Gasteiger partial charge is 0.444 e. The van der Waals surface area contributed by atoms with Crippen LogP contribution in [0.2, 0.25) is 5.35 Å². The Kier molecular flexibility index (Phi) is 2.49. The van der Waals surface area contributed by atoms with E-state index in [4.69, 9.17) is 32.7 Å². The van der Waals surface area contributed by atoms with Gasteiger partial charge in [-0.3, -0.25) is 0 Å². The minimum Gasteiger partial charge on any atom is -0.444 e. The van der Waals surface area contributed by atoms with Crippen molar-refractivity contribution in [3.8, 4) is 11.5 Å². The lowest BCUT2D eigenvalue weighted by molar-refractivity contribution is 0.489. The molecule has 0 aromatic carbocycles. The van der Waals surface area contributed by atoms with Crippen LogP contribution in [0.3, 0.4) is 0 Å². The Hall–Kier alpha value is -1.59. The van der Waals surface area contributed by atoms with Crippen LogP contribution in [0.5, 0.6) is 0 Å². The molecule has 0 spiro atoms. The van der Waals surface area contributed by atoms with Crippen molar-refractivity contribution in [2.45, 2.75) is 6.54 Å². The lowest BCUT2D eigenvalue weighted by atomic mass is 10.3. The van der Waals surface area contributed by atoms with Crippen molar-refractivity contribution in [2.75, 3.05) is 0 Å². The van der Waals surface area contributed by atoms with E-state index in [0.29, 0.717) is 17.0 Å². The Labute approximate surface area is 107 Å². The number of oxazole rings is 1. The van der Waals surface area contributed by atoms with E-state index in [-0.39, 0.29) is 5.35 Å². The molecule has 0 radical (unpaired) electrons. The van der Waals surface area contributed by atoms with Crippen molar-refractivity contribution >= 4 is 23.8 Å². The zero-order chi connectivity index (χ0) is 11.8. The monoisotopic (exact) mass is 266 g/mol. The lowest BCUT2D eigenvalue weighted by Crippen LogP contribution is -2.01. The van der Waals surface area contributed by atoms with Crippen LogP contribution in [0, 0.1) is 4.71 Å². The zero-order valence-corrected chi connectivity index (χ0v) is 10.2. The number of aromatic nitrogens is 2. The first-order valence-electron chi connectivity index (χ1n) is 4.91. The number of rotatable bonds is 2. The minimum atomic E-state index is 0.143. The van der Waals surface area contributed by atoms with Crippen LogP contribution >= 0.6 is 23.8 Å². The topological polar surface area (TPSA) is 44.1 Å². The molecule has 0 N–H and O–H groups in total. The Morgan fingerprint density at radius 1 is 1.41 bits per heavy atom. The van der Waals surface area contributed by atoms with Crippen LogP contribution in [0.15, 0.2) is 39.4 Å². The van der Waals surface area contributed by atoms with Gasteiger partial charge in [0.1, 0.15) is 5.76 Å². The van der Waals surface area contributed by atoms with E-state index in [1.807, 2.05) is 29.0 Å². The fraction of sp³-hybridized carbons (Fsp3) is 0.0909. The molecule has 0 saturated heterocycles. The van der Waals surface area contributed by atoms with Crippen LogP contribution < -0.4 is 0 Å². The summed E-state index contributed by atoms with van der Waals surface area (Å²) >= 11 is 10.6. The molecule has 1 aromatic rings. The predicted molar refractivity (Wildman–Crippen MR) is 64.8 cm³/mol. The van der Waals surface area contributed by atoms with Crippen molar-refractivity contribution in [1.29, 1.82) is 0 Å². The summed E-state index contributed by atoms with van der Waals surface area (Å²) in [7, 11) is 0. The van der Waals surface area contributed by atoms with Crippen molar-refractivity contribution in [3.63, 3.8) is 0 Å². The summed E-state index contributed by atoms with van der Waals surface area (Å²) in [5.74, 6) is 1.43. The van der Waals surface area contributed by atoms with Crippen LogP contribution in [-0.2, 0) is 6.54 Å². The molecule has 0 amide bonds. The molecule has 0 saturated carbocycles. The molecule has 0 bridgehead atoms. The highest BCUT2D eigenvalue weighted by Gasteiger charge is 2.11. The summed E-state index contributed by atoms with van der Waals surface area (Å²) in [6.45, 7) is 0.533. The highest BCUT2D eigenvalue weighted by atomic mass is 35.5. The maximum Gasteiger partial charge on any atom is 0.292 e.